The fourth-order valence-corrected chi connectivity index (χ4v) is 2.61. The van der Waals surface area contributed by atoms with Gasteiger partial charge in [0.15, 0.2) is 0 Å². The Morgan fingerprint density at radius 1 is 1.42 bits per heavy atom. The molecule has 0 spiro atoms. The first-order valence-electron chi connectivity index (χ1n) is 4.90. The second kappa shape index (κ2) is 2.98. The quantitative estimate of drug-likeness (QED) is 0.579. The minimum absolute atomic E-state index is 0.147. The molecule has 2 atom stereocenters. The van der Waals surface area contributed by atoms with Gasteiger partial charge in [-0.1, -0.05) is 6.42 Å². The minimum atomic E-state index is -0.291. The van der Waals surface area contributed by atoms with Crippen LogP contribution in [0.5, 0.6) is 0 Å². The predicted molar refractivity (Wildman–Crippen MR) is 47.8 cm³/mol. The Labute approximate surface area is 73.5 Å². The largest absolute Gasteiger partial charge is 0.394 e. The summed E-state index contributed by atoms with van der Waals surface area (Å²) in [5, 5.41) is 9.21. The number of aliphatic hydroxyl groups is 1. The average molecular weight is 170 g/mol. The van der Waals surface area contributed by atoms with Crippen LogP contribution < -0.4 is 5.73 Å². The van der Waals surface area contributed by atoms with Gasteiger partial charge in [0.1, 0.15) is 0 Å². The van der Waals surface area contributed by atoms with Gasteiger partial charge in [0.05, 0.1) is 12.1 Å². The molecule has 3 nitrogen and oxygen atoms in total. The van der Waals surface area contributed by atoms with Crippen molar-refractivity contribution in [2.75, 3.05) is 19.7 Å². The van der Waals surface area contributed by atoms with Crippen molar-refractivity contribution in [2.24, 2.45) is 5.73 Å². The van der Waals surface area contributed by atoms with Crippen LogP contribution in [-0.2, 0) is 0 Å². The van der Waals surface area contributed by atoms with Crippen LogP contribution in [0.1, 0.15) is 25.7 Å². The minimum Gasteiger partial charge on any atom is -0.394 e. The maximum Gasteiger partial charge on any atom is 0.0627 e. The average Bonchev–Trinajstić information content (AvgIpc) is 2.46. The zero-order valence-electron chi connectivity index (χ0n) is 7.50. The highest BCUT2D eigenvalue weighted by atomic mass is 16.3. The van der Waals surface area contributed by atoms with Crippen molar-refractivity contribution in [3.8, 4) is 0 Å². The monoisotopic (exact) mass is 170 g/mol. The SMILES string of the molecule is NC1(CO)CCN2CCCCC21. The summed E-state index contributed by atoms with van der Waals surface area (Å²) in [7, 11) is 0. The van der Waals surface area contributed by atoms with E-state index in [0.717, 1.165) is 13.0 Å². The van der Waals surface area contributed by atoms with Gasteiger partial charge >= 0.3 is 0 Å². The van der Waals surface area contributed by atoms with E-state index in [9.17, 15) is 5.11 Å². The molecule has 0 radical (unpaired) electrons. The fraction of sp³-hybridized carbons (Fsp3) is 1.00. The van der Waals surface area contributed by atoms with E-state index in [-0.39, 0.29) is 12.1 Å². The van der Waals surface area contributed by atoms with E-state index >= 15 is 0 Å². The number of aliphatic hydroxyl groups excluding tert-OH is 1. The van der Waals surface area contributed by atoms with Crippen molar-refractivity contribution in [2.45, 2.75) is 37.3 Å². The van der Waals surface area contributed by atoms with Crippen LogP contribution in [0, 0.1) is 0 Å². The molecular formula is C9H18N2O. The first kappa shape index (κ1) is 8.48. The number of rotatable bonds is 1. The molecule has 0 bridgehead atoms. The lowest BCUT2D eigenvalue weighted by Crippen LogP contribution is -2.55. The zero-order chi connectivity index (χ0) is 8.60. The topological polar surface area (TPSA) is 49.5 Å². The Balaban J connectivity index is 2.10. The van der Waals surface area contributed by atoms with Crippen LogP contribution in [0.15, 0.2) is 0 Å². The smallest absolute Gasteiger partial charge is 0.0627 e. The molecule has 0 amide bonds. The lowest BCUT2D eigenvalue weighted by molar-refractivity contribution is 0.112. The number of nitrogens with zero attached hydrogens (tertiary/aromatic N) is 1. The van der Waals surface area contributed by atoms with E-state index in [1.807, 2.05) is 0 Å². The first-order chi connectivity index (χ1) is 5.76. The molecule has 2 fully saturated rings. The second-order valence-corrected chi connectivity index (χ2v) is 4.19. The standard InChI is InChI=1S/C9H18N2O/c10-9(7-12)4-6-11-5-2-1-3-8(9)11/h8,12H,1-7,10H2. The lowest BCUT2D eigenvalue weighted by Gasteiger charge is -2.37. The maximum absolute atomic E-state index is 9.21. The van der Waals surface area contributed by atoms with E-state index < -0.39 is 0 Å². The molecule has 12 heavy (non-hydrogen) atoms. The molecule has 3 heteroatoms. The van der Waals surface area contributed by atoms with Gasteiger partial charge < -0.3 is 10.8 Å². The van der Waals surface area contributed by atoms with Crippen molar-refractivity contribution in [1.82, 2.24) is 4.90 Å². The van der Waals surface area contributed by atoms with Crippen LogP contribution in [0.25, 0.3) is 0 Å². The number of hydrogen-bond acceptors (Lipinski definition) is 3. The molecule has 0 aliphatic carbocycles. The normalized spacial score (nSPS) is 43.0. The molecule has 3 N–H and O–H groups in total. The molecule has 0 aromatic rings. The molecule has 0 saturated carbocycles. The van der Waals surface area contributed by atoms with Gasteiger partial charge in [-0.05, 0) is 25.8 Å². The summed E-state index contributed by atoms with van der Waals surface area (Å²) in [5.74, 6) is 0. The van der Waals surface area contributed by atoms with Gasteiger partial charge in [0.2, 0.25) is 0 Å². The van der Waals surface area contributed by atoms with E-state index in [1.54, 1.807) is 0 Å². The lowest BCUT2D eigenvalue weighted by atomic mass is 9.87. The number of nitrogens with two attached hydrogens (primary N) is 1. The molecule has 2 unspecified atom stereocenters. The molecule has 70 valence electrons. The summed E-state index contributed by atoms with van der Waals surface area (Å²) in [5.41, 5.74) is 5.83. The molecule has 0 aromatic heterocycles. The number of piperidine rings is 1. The predicted octanol–water partition coefficient (Wildman–Crippen LogP) is -0.0656. The van der Waals surface area contributed by atoms with Gasteiger partial charge in [-0.25, -0.2) is 0 Å². The van der Waals surface area contributed by atoms with Crippen molar-refractivity contribution in [3.63, 3.8) is 0 Å². The van der Waals surface area contributed by atoms with E-state index in [1.165, 1.54) is 25.8 Å². The molecule has 2 saturated heterocycles. The van der Waals surface area contributed by atoms with Crippen LogP contribution in [-0.4, -0.2) is 41.3 Å². The van der Waals surface area contributed by atoms with Crippen LogP contribution in [0.2, 0.25) is 0 Å². The Bertz CT molecular complexity index is 174. The van der Waals surface area contributed by atoms with Gasteiger partial charge in [-0.3, -0.25) is 4.90 Å². The second-order valence-electron chi connectivity index (χ2n) is 4.19. The third-order valence-corrected chi connectivity index (χ3v) is 3.44. The third-order valence-electron chi connectivity index (χ3n) is 3.44. The van der Waals surface area contributed by atoms with E-state index in [2.05, 4.69) is 4.90 Å². The summed E-state index contributed by atoms with van der Waals surface area (Å²) >= 11 is 0. The van der Waals surface area contributed by atoms with E-state index in [0.29, 0.717) is 6.04 Å². The highest BCUT2D eigenvalue weighted by Crippen LogP contribution is 2.32. The molecule has 0 aromatic carbocycles. The Kier molecular flexibility index (Phi) is 2.10. The summed E-state index contributed by atoms with van der Waals surface area (Å²) < 4.78 is 0. The molecule has 2 aliphatic heterocycles. The van der Waals surface area contributed by atoms with Gasteiger partial charge in [-0.15, -0.1) is 0 Å². The van der Waals surface area contributed by atoms with Crippen molar-refractivity contribution >= 4 is 0 Å². The molecule has 2 rings (SSSR count). The van der Waals surface area contributed by atoms with Crippen molar-refractivity contribution < 1.29 is 5.11 Å². The van der Waals surface area contributed by atoms with Crippen LogP contribution >= 0.6 is 0 Å². The first-order valence-corrected chi connectivity index (χ1v) is 4.90. The van der Waals surface area contributed by atoms with Gasteiger partial charge in [-0.2, -0.15) is 0 Å². The Hall–Kier alpha value is -0.120. The highest BCUT2D eigenvalue weighted by Gasteiger charge is 2.44. The third kappa shape index (κ3) is 1.16. The Morgan fingerprint density at radius 2 is 2.25 bits per heavy atom. The van der Waals surface area contributed by atoms with Crippen molar-refractivity contribution in [1.29, 1.82) is 0 Å². The Morgan fingerprint density at radius 3 is 3.00 bits per heavy atom. The van der Waals surface area contributed by atoms with E-state index in [4.69, 9.17) is 5.73 Å². The number of fused-ring (bicyclic) bond motifs is 1. The summed E-state index contributed by atoms with van der Waals surface area (Å²) in [6, 6.07) is 0.455. The maximum atomic E-state index is 9.21. The fourth-order valence-electron chi connectivity index (χ4n) is 2.61. The highest BCUT2D eigenvalue weighted by molar-refractivity contribution is 5.04. The van der Waals surface area contributed by atoms with Gasteiger partial charge in [0.25, 0.3) is 0 Å². The van der Waals surface area contributed by atoms with Gasteiger partial charge in [0, 0.05) is 12.6 Å². The molecular weight excluding hydrogens is 152 g/mol. The summed E-state index contributed by atoms with van der Waals surface area (Å²) in [6.45, 7) is 2.42. The summed E-state index contributed by atoms with van der Waals surface area (Å²) in [4.78, 5) is 2.44. The molecule has 2 aliphatic rings. The molecule has 2 heterocycles. The summed E-state index contributed by atoms with van der Waals surface area (Å²) in [6.07, 6.45) is 4.73. The van der Waals surface area contributed by atoms with Crippen molar-refractivity contribution in [3.05, 3.63) is 0 Å². The number of hydrogen-bond donors (Lipinski definition) is 2. The van der Waals surface area contributed by atoms with Crippen LogP contribution in [0.4, 0.5) is 0 Å². The zero-order valence-corrected chi connectivity index (χ0v) is 7.50. The van der Waals surface area contributed by atoms with Crippen LogP contribution in [0.3, 0.4) is 0 Å².